The van der Waals surface area contributed by atoms with Gasteiger partial charge in [0.1, 0.15) is 0 Å². The van der Waals surface area contributed by atoms with Crippen molar-refractivity contribution in [2.45, 2.75) is 0 Å². The van der Waals surface area contributed by atoms with E-state index in [1.807, 2.05) is 0 Å². The summed E-state index contributed by atoms with van der Waals surface area (Å²) in [5.41, 5.74) is 1.48. The average molecular weight is 347 g/mol. The fourth-order valence-corrected chi connectivity index (χ4v) is 2.52. The van der Waals surface area contributed by atoms with E-state index in [0.29, 0.717) is 33.3 Å². The molecule has 2 amide bonds. The maximum absolute atomic E-state index is 12.4. The lowest BCUT2D eigenvalue weighted by Gasteiger charge is -2.11. The molecule has 0 saturated heterocycles. The van der Waals surface area contributed by atoms with E-state index >= 15 is 0 Å². The molecule has 0 unspecified atom stereocenters. The summed E-state index contributed by atoms with van der Waals surface area (Å²) in [6.07, 6.45) is 0. The van der Waals surface area contributed by atoms with Gasteiger partial charge in [-0.05, 0) is 36.4 Å². The lowest BCUT2D eigenvalue weighted by Crippen LogP contribution is -2.21. The molecular weight excluding hydrogens is 332 g/mol. The predicted octanol–water partition coefficient (Wildman–Crippen LogP) is 3.02. The molecule has 0 radical (unpaired) electrons. The summed E-state index contributed by atoms with van der Waals surface area (Å²) < 4.78 is 10.5. The van der Waals surface area contributed by atoms with E-state index < -0.39 is 0 Å². The number of halogens is 1. The van der Waals surface area contributed by atoms with Gasteiger partial charge in [-0.3, -0.25) is 9.59 Å². The van der Waals surface area contributed by atoms with Crippen molar-refractivity contribution in [1.82, 2.24) is 4.90 Å². The normalized spacial score (nSPS) is 12.0. The third-order valence-electron chi connectivity index (χ3n) is 3.49. The van der Waals surface area contributed by atoms with Crippen molar-refractivity contribution < 1.29 is 19.1 Å². The molecule has 0 spiro atoms. The highest BCUT2D eigenvalue weighted by Gasteiger charge is 2.20. The van der Waals surface area contributed by atoms with Crippen LogP contribution in [0.15, 0.2) is 36.4 Å². The molecule has 1 aliphatic heterocycles. The Labute approximate surface area is 143 Å². The molecule has 24 heavy (non-hydrogen) atoms. The van der Waals surface area contributed by atoms with E-state index in [9.17, 15) is 9.59 Å². The van der Waals surface area contributed by atoms with Crippen LogP contribution >= 0.6 is 11.6 Å². The first kappa shape index (κ1) is 16.1. The highest BCUT2D eigenvalue weighted by atomic mass is 35.5. The quantitative estimate of drug-likeness (QED) is 0.927. The first-order valence-electron chi connectivity index (χ1n) is 7.18. The van der Waals surface area contributed by atoms with Crippen LogP contribution in [0.25, 0.3) is 0 Å². The highest BCUT2D eigenvalue weighted by molar-refractivity contribution is 6.32. The van der Waals surface area contributed by atoms with Gasteiger partial charge in [0.15, 0.2) is 11.5 Å². The van der Waals surface area contributed by atoms with Gasteiger partial charge in [0, 0.05) is 30.9 Å². The number of nitrogens with one attached hydrogen (secondary N) is 1. The number of benzene rings is 2. The largest absolute Gasteiger partial charge is 0.454 e. The number of ether oxygens (including phenoxy) is 2. The molecule has 1 heterocycles. The van der Waals surface area contributed by atoms with Crippen LogP contribution < -0.4 is 14.8 Å². The summed E-state index contributed by atoms with van der Waals surface area (Å²) >= 11 is 6.08. The number of anilines is 1. The van der Waals surface area contributed by atoms with Crippen LogP contribution in [0.2, 0.25) is 5.02 Å². The van der Waals surface area contributed by atoms with Gasteiger partial charge in [-0.25, -0.2) is 0 Å². The Bertz CT molecular complexity index is 803. The van der Waals surface area contributed by atoms with Crippen molar-refractivity contribution >= 4 is 29.1 Å². The van der Waals surface area contributed by atoms with Crippen molar-refractivity contribution in [2.75, 3.05) is 26.2 Å². The van der Waals surface area contributed by atoms with Crippen LogP contribution in [-0.2, 0) is 0 Å². The van der Waals surface area contributed by atoms with Gasteiger partial charge >= 0.3 is 0 Å². The van der Waals surface area contributed by atoms with Crippen LogP contribution in [-0.4, -0.2) is 37.6 Å². The zero-order valence-corrected chi connectivity index (χ0v) is 13.9. The molecule has 0 atom stereocenters. The molecule has 1 aliphatic rings. The van der Waals surface area contributed by atoms with E-state index in [4.69, 9.17) is 21.1 Å². The number of nitrogens with zero attached hydrogens (tertiary/aromatic N) is 1. The molecule has 2 aromatic rings. The zero-order chi connectivity index (χ0) is 17.3. The Morgan fingerprint density at radius 2 is 1.79 bits per heavy atom. The summed E-state index contributed by atoms with van der Waals surface area (Å²) in [7, 11) is 3.36. The average Bonchev–Trinajstić information content (AvgIpc) is 3.04. The molecule has 2 aromatic carbocycles. The Morgan fingerprint density at radius 1 is 1.08 bits per heavy atom. The van der Waals surface area contributed by atoms with E-state index in [0.717, 1.165) is 0 Å². The van der Waals surface area contributed by atoms with Gasteiger partial charge in [0.2, 0.25) is 6.79 Å². The van der Waals surface area contributed by atoms with Crippen LogP contribution in [0.4, 0.5) is 5.69 Å². The number of rotatable bonds is 3. The number of fused-ring (bicyclic) bond motifs is 1. The molecule has 0 bridgehead atoms. The van der Waals surface area contributed by atoms with Crippen molar-refractivity contribution in [3.63, 3.8) is 0 Å². The second kappa shape index (κ2) is 6.41. The monoisotopic (exact) mass is 346 g/mol. The summed E-state index contributed by atoms with van der Waals surface area (Å²) in [4.78, 5) is 25.7. The van der Waals surface area contributed by atoms with Gasteiger partial charge in [-0.1, -0.05) is 11.6 Å². The Morgan fingerprint density at radius 3 is 2.46 bits per heavy atom. The first-order valence-corrected chi connectivity index (χ1v) is 7.55. The Balaban J connectivity index is 1.76. The van der Waals surface area contributed by atoms with Crippen molar-refractivity contribution in [1.29, 1.82) is 0 Å². The molecule has 1 N–H and O–H groups in total. The van der Waals surface area contributed by atoms with Gasteiger partial charge in [-0.2, -0.15) is 0 Å². The molecule has 0 saturated carbocycles. The van der Waals surface area contributed by atoms with E-state index in [2.05, 4.69) is 5.32 Å². The molecule has 0 aromatic heterocycles. The fraction of sp³-hybridized carbons (Fsp3) is 0.176. The molecule has 0 aliphatic carbocycles. The Hall–Kier alpha value is -2.73. The summed E-state index contributed by atoms with van der Waals surface area (Å²) in [5.74, 6) is 0.455. The molecule has 0 fully saturated rings. The van der Waals surface area contributed by atoms with Crippen molar-refractivity contribution in [2.24, 2.45) is 0 Å². The standard InChI is InChI=1S/C17H15ClN2O4/c1-20(2)17(22)10-3-5-12(6-4-10)19-16(21)11-7-13(18)15-14(8-11)23-9-24-15/h3-8H,9H2,1-2H3,(H,19,21). The van der Waals surface area contributed by atoms with E-state index in [1.54, 1.807) is 44.4 Å². The molecule has 6 nitrogen and oxygen atoms in total. The molecule has 124 valence electrons. The van der Waals surface area contributed by atoms with E-state index in [1.165, 1.54) is 11.0 Å². The van der Waals surface area contributed by atoms with E-state index in [-0.39, 0.29) is 18.6 Å². The zero-order valence-electron chi connectivity index (χ0n) is 13.1. The van der Waals surface area contributed by atoms with Gasteiger partial charge in [-0.15, -0.1) is 0 Å². The highest BCUT2D eigenvalue weighted by Crippen LogP contribution is 2.39. The lowest BCUT2D eigenvalue weighted by molar-refractivity contribution is 0.0827. The minimum atomic E-state index is -0.332. The number of carbonyl (C=O) groups excluding carboxylic acids is 2. The number of hydrogen-bond acceptors (Lipinski definition) is 4. The third-order valence-corrected chi connectivity index (χ3v) is 3.77. The summed E-state index contributed by atoms with van der Waals surface area (Å²) in [6, 6.07) is 9.75. The number of amides is 2. The second-order valence-corrected chi connectivity index (χ2v) is 5.83. The van der Waals surface area contributed by atoms with Crippen LogP contribution in [0.5, 0.6) is 11.5 Å². The number of hydrogen-bond donors (Lipinski definition) is 1. The SMILES string of the molecule is CN(C)C(=O)c1ccc(NC(=O)c2cc(Cl)c3c(c2)OCO3)cc1. The van der Waals surface area contributed by atoms with Crippen molar-refractivity contribution in [3.8, 4) is 11.5 Å². The minimum Gasteiger partial charge on any atom is -0.454 e. The smallest absolute Gasteiger partial charge is 0.255 e. The van der Waals surface area contributed by atoms with Crippen molar-refractivity contribution in [3.05, 3.63) is 52.5 Å². The molecule has 7 heteroatoms. The maximum atomic E-state index is 12.4. The third kappa shape index (κ3) is 3.14. The summed E-state index contributed by atoms with van der Waals surface area (Å²) in [5, 5.41) is 3.07. The van der Waals surface area contributed by atoms with Gasteiger partial charge < -0.3 is 19.7 Å². The number of carbonyl (C=O) groups is 2. The fourth-order valence-electron chi connectivity index (χ4n) is 2.26. The Kier molecular flexibility index (Phi) is 4.31. The second-order valence-electron chi connectivity index (χ2n) is 5.42. The van der Waals surface area contributed by atoms with Crippen LogP contribution in [0, 0.1) is 0 Å². The predicted molar refractivity (Wildman–Crippen MR) is 90.0 cm³/mol. The maximum Gasteiger partial charge on any atom is 0.255 e. The van der Waals surface area contributed by atoms with Gasteiger partial charge in [0.25, 0.3) is 11.8 Å². The first-order chi connectivity index (χ1) is 11.5. The summed E-state index contributed by atoms with van der Waals surface area (Å²) in [6.45, 7) is 0.0848. The van der Waals surface area contributed by atoms with Crippen LogP contribution in [0.3, 0.4) is 0 Å². The topological polar surface area (TPSA) is 67.9 Å². The van der Waals surface area contributed by atoms with Gasteiger partial charge in [0.05, 0.1) is 5.02 Å². The molecular formula is C17H15ClN2O4. The van der Waals surface area contributed by atoms with Crippen LogP contribution in [0.1, 0.15) is 20.7 Å². The lowest BCUT2D eigenvalue weighted by atomic mass is 10.1. The molecule has 3 rings (SSSR count). The minimum absolute atomic E-state index is 0.0848.